The molecule has 27 heavy (non-hydrogen) atoms. The van der Waals surface area contributed by atoms with Gasteiger partial charge in [0.2, 0.25) is 0 Å². The number of ether oxygens (including phenoxy) is 1. The molecular formula is C19H19F3N2O3. The van der Waals surface area contributed by atoms with Crippen molar-refractivity contribution in [2.75, 3.05) is 19.6 Å². The van der Waals surface area contributed by atoms with Crippen molar-refractivity contribution in [2.24, 2.45) is 5.92 Å². The minimum absolute atomic E-state index is 0.0536. The van der Waals surface area contributed by atoms with Crippen LogP contribution in [0.1, 0.15) is 18.4 Å². The van der Waals surface area contributed by atoms with Gasteiger partial charge in [-0.2, -0.15) is 13.2 Å². The standard InChI is InChI=1S/C19H19F3N2O3/c20-19(21,22)14-3-1-2-13(10-14)16-4-5-17(26-16)27-18(25)23-15-11-24-8-6-12(15)7-9-24/h1-5,10,12,15H,6-9,11H2,(H,23,25)/t15-/m0/s1. The van der Waals surface area contributed by atoms with Crippen molar-refractivity contribution >= 4 is 6.09 Å². The molecule has 3 saturated heterocycles. The van der Waals surface area contributed by atoms with E-state index in [1.165, 1.54) is 24.3 Å². The summed E-state index contributed by atoms with van der Waals surface area (Å²) in [6.45, 7) is 2.94. The number of piperidine rings is 3. The van der Waals surface area contributed by atoms with E-state index in [2.05, 4.69) is 10.2 Å². The van der Waals surface area contributed by atoms with Crippen molar-refractivity contribution < 1.29 is 27.1 Å². The Morgan fingerprint density at radius 1 is 1.19 bits per heavy atom. The third-order valence-corrected chi connectivity index (χ3v) is 5.21. The van der Waals surface area contributed by atoms with E-state index in [9.17, 15) is 18.0 Å². The molecule has 2 aromatic rings. The molecule has 2 bridgehead atoms. The van der Waals surface area contributed by atoms with E-state index in [1.54, 1.807) is 0 Å². The second-order valence-corrected chi connectivity index (χ2v) is 6.98. The largest absolute Gasteiger partial charge is 0.425 e. The molecule has 1 N–H and O–H groups in total. The van der Waals surface area contributed by atoms with Gasteiger partial charge in [-0.3, -0.25) is 0 Å². The van der Waals surface area contributed by atoms with Crippen LogP contribution in [0, 0.1) is 5.92 Å². The zero-order valence-electron chi connectivity index (χ0n) is 14.5. The van der Waals surface area contributed by atoms with Gasteiger partial charge in [-0.25, -0.2) is 4.79 Å². The highest BCUT2D eigenvalue weighted by molar-refractivity contribution is 5.70. The zero-order valence-corrected chi connectivity index (χ0v) is 14.5. The van der Waals surface area contributed by atoms with Crippen molar-refractivity contribution in [3.63, 3.8) is 0 Å². The van der Waals surface area contributed by atoms with Crippen LogP contribution in [-0.4, -0.2) is 36.7 Å². The van der Waals surface area contributed by atoms with Crippen LogP contribution in [0.15, 0.2) is 40.8 Å². The van der Waals surface area contributed by atoms with Gasteiger partial charge in [-0.1, -0.05) is 12.1 Å². The Labute approximate surface area is 154 Å². The lowest BCUT2D eigenvalue weighted by atomic mass is 9.84. The Morgan fingerprint density at radius 2 is 1.96 bits per heavy atom. The number of carbonyl (C=O) groups excluding carboxylic acids is 1. The number of amides is 1. The lowest BCUT2D eigenvalue weighted by Gasteiger charge is -2.44. The number of fused-ring (bicyclic) bond motifs is 3. The number of benzene rings is 1. The number of carbonyl (C=O) groups is 1. The molecule has 5 nitrogen and oxygen atoms in total. The zero-order chi connectivity index (χ0) is 19.0. The van der Waals surface area contributed by atoms with Crippen molar-refractivity contribution in [3.05, 3.63) is 42.0 Å². The first-order valence-corrected chi connectivity index (χ1v) is 8.87. The van der Waals surface area contributed by atoms with Crippen LogP contribution in [0.5, 0.6) is 5.95 Å². The number of rotatable bonds is 3. The second kappa shape index (κ2) is 6.92. The van der Waals surface area contributed by atoms with Gasteiger partial charge in [0.15, 0.2) is 0 Å². The molecule has 5 rings (SSSR count). The van der Waals surface area contributed by atoms with Gasteiger partial charge in [0, 0.05) is 24.2 Å². The Bertz CT molecular complexity index is 826. The number of furan rings is 1. The lowest BCUT2D eigenvalue weighted by Crippen LogP contribution is -2.57. The minimum atomic E-state index is -4.43. The van der Waals surface area contributed by atoms with Gasteiger partial charge >= 0.3 is 12.3 Å². The third kappa shape index (κ3) is 3.95. The predicted molar refractivity (Wildman–Crippen MR) is 91.3 cm³/mol. The summed E-state index contributed by atoms with van der Waals surface area (Å²) in [5.41, 5.74) is -0.503. The molecule has 0 unspecified atom stereocenters. The Morgan fingerprint density at radius 3 is 2.63 bits per heavy atom. The van der Waals surface area contributed by atoms with Crippen LogP contribution in [0.2, 0.25) is 0 Å². The fourth-order valence-corrected chi connectivity index (χ4v) is 3.78. The molecule has 4 heterocycles. The van der Waals surface area contributed by atoms with Gasteiger partial charge in [0.1, 0.15) is 5.76 Å². The van der Waals surface area contributed by atoms with Gasteiger partial charge < -0.3 is 19.4 Å². The molecule has 0 aliphatic carbocycles. The third-order valence-electron chi connectivity index (χ3n) is 5.21. The normalized spacial score (nSPS) is 24.6. The number of alkyl halides is 3. The quantitative estimate of drug-likeness (QED) is 0.869. The maximum atomic E-state index is 12.8. The topological polar surface area (TPSA) is 54.7 Å². The molecule has 1 aromatic carbocycles. The molecule has 0 spiro atoms. The smallest absolute Gasteiger partial charge is 0.416 e. The number of nitrogens with zero attached hydrogens (tertiary/aromatic N) is 1. The van der Waals surface area contributed by atoms with E-state index in [-0.39, 0.29) is 23.3 Å². The van der Waals surface area contributed by atoms with E-state index >= 15 is 0 Å². The van der Waals surface area contributed by atoms with Gasteiger partial charge in [-0.15, -0.1) is 0 Å². The van der Waals surface area contributed by atoms with Crippen LogP contribution < -0.4 is 10.1 Å². The second-order valence-electron chi connectivity index (χ2n) is 6.98. The maximum absolute atomic E-state index is 12.8. The van der Waals surface area contributed by atoms with Crippen LogP contribution in [0.25, 0.3) is 11.3 Å². The first-order chi connectivity index (χ1) is 12.9. The maximum Gasteiger partial charge on any atom is 0.416 e. The van der Waals surface area contributed by atoms with E-state index in [1.807, 2.05) is 0 Å². The molecule has 0 saturated carbocycles. The molecule has 3 aliphatic rings. The summed E-state index contributed by atoms with van der Waals surface area (Å²) in [4.78, 5) is 14.4. The Kier molecular flexibility index (Phi) is 4.59. The number of halogens is 3. The Hall–Kier alpha value is -2.48. The predicted octanol–water partition coefficient (Wildman–Crippen LogP) is 4.15. The van der Waals surface area contributed by atoms with Crippen molar-refractivity contribution in [1.82, 2.24) is 10.2 Å². The van der Waals surface area contributed by atoms with Crippen LogP contribution in [-0.2, 0) is 6.18 Å². The Balaban J connectivity index is 1.40. The summed E-state index contributed by atoms with van der Waals surface area (Å²) >= 11 is 0. The van der Waals surface area contributed by atoms with Crippen molar-refractivity contribution in [1.29, 1.82) is 0 Å². The highest BCUT2D eigenvalue weighted by Gasteiger charge is 2.35. The molecule has 1 amide bonds. The van der Waals surface area contributed by atoms with Gasteiger partial charge in [-0.05, 0) is 50.0 Å². The number of nitrogens with one attached hydrogen (secondary N) is 1. The average Bonchev–Trinajstić information content (AvgIpc) is 3.10. The summed E-state index contributed by atoms with van der Waals surface area (Å²) in [5, 5.41) is 2.87. The molecule has 0 radical (unpaired) electrons. The van der Waals surface area contributed by atoms with E-state index in [0.717, 1.165) is 44.6 Å². The first-order valence-electron chi connectivity index (χ1n) is 8.87. The summed E-state index contributed by atoms with van der Waals surface area (Å²) in [7, 11) is 0. The minimum Gasteiger partial charge on any atom is -0.425 e. The van der Waals surface area contributed by atoms with Crippen LogP contribution in [0.3, 0.4) is 0 Å². The van der Waals surface area contributed by atoms with Crippen LogP contribution >= 0.6 is 0 Å². The molecule has 3 fully saturated rings. The summed E-state index contributed by atoms with van der Waals surface area (Å²) in [5.74, 6) is 0.604. The molecule has 8 heteroatoms. The van der Waals surface area contributed by atoms with Crippen LogP contribution in [0.4, 0.5) is 18.0 Å². The van der Waals surface area contributed by atoms with Crippen molar-refractivity contribution in [3.8, 4) is 17.3 Å². The highest BCUT2D eigenvalue weighted by atomic mass is 19.4. The number of hydrogen-bond acceptors (Lipinski definition) is 4. The fourth-order valence-electron chi connectivity index (χ4n) is 3.78. The van der Waals surface area contributed by atoms with Crippen molar-refractivity contribution in [2.45, 2.75) is 25.1 Å². The molecule has 1 atom stereocenters. The SMILES string of the molecule is O=C(N[C@H]1CN2CCC1CC2)Oc1ccc(-c2cccc(C(F)(F)F)c2)o1. The molecule has 1 aromatic heterocycles. The van der Waals surface area contributed by atoms with Gasteiger partial charge in [0.25, 0.3) is 5.95 Å². The van der Waals surface area contributed by atoms with E-state index in [0.29, 0.717) is 5.92 Å². The van der Waals surface area contributed by atoms with E-state index in [4.69, 9.17) is 9.15 Å². The fraction of sp³-hybridized carbons (Fsp3) is 0.421. The summed E-state index contributed by atoms with van der Waals surface area (Å²) in [6, 6.07) is 7.75. The molecule has 3 aliphatic heterocycles. The molecular weight excluding hydrogens is 361 g/mol. The summed E-state index contributed by atoms with van der Waals surface area (Å²) in [6.07, 6.45) is -2.92. The number of hydrogen-bond donors (Lipinski definition) is 1. The highest BCUT2D eigenvalue weighted by Crippen LogP contribution is 2.33. The summed E-state index contributed by atoms with van der Waals surface area (Å²) < 4.78 is 49.1. The van der Waals surface area contributed by atoms with E-state index < -0.39 is 17.8 Å². The van der Waals surface area contributed by atoms with Gasteiger partial charge in [0.05, 0.1) is 5.56 Å². The molecule has 144 valence electrons. The lowest BCUT2D eigenvalue weighted by molar-refractivity contribution is -0.137. The monoisotopic (exact) mass is 380 g/mol. The average molecular weight is 380 g/mol. The first kappa shape index (κ1) is 17.9.